The summed E-state index contributed by atoms with van der Waals surface area (Å²) >= 11 is 0. The maximum Gasteiger partial charge on any atom is 0.206 e. The van der Waals surface area contributed by atoms with Crippen molar-refractivity contribution < 1.29 is 14.6 Å². The predicted molar refractivity (Wildman–Crippen MR) is 128 cm³/mol. The number of likely N-dealkylation sites (tertiary alicyclic amines) is 1. The maximum atomic E-state index is 11.1. The molecule has 0 unspecified atom stereocenters. The quantitative estimate of drug-likeness (QED) is 0.468. The van der Waals surface area contributed by atoms with Crippen molar-refractivity contribution in [3.05, 3.63) is 48.7 Å². The standard InChI is InChI=1S/C26H31N3O3/c1-18-10-12-28(13-11-18)14-15-32-24-16-19(8-9-23(24)31-3)29-17-22-25(26(29)30)20-6-4-5-7-21(20)27(22)2/h4-9,16-18,30H,10-15H2,1-3H3. The predicted octanol–water partition coefficient (Wildman–Crippen LogP) is 4.95. The molecule has 0 aliphatic carbocycles. The summed E-state index contributed by atoms with van der Waals surface area (Å²) in [6, 6.07) is 13.9. The van der Waals surface area contributed by atoms with Crippen LogP contribution in [0.4, 0.5) is 0 Å². The number of aromatic nitrogens is 2. The van der Waals surface area contributed by atoms with Gasteiger partial charge in [0.2, 0.25) is 5.88 Å². The average molecular weight is 434 g/mol. The zero-order valence-corrected chi connectivity index (χ0v) is 19.0. The number of fused-ring (bicyclic) bond motifs is 3. The molecule has 5 rings (SSSR count). The molecule has 2 aromatic heterocycles. The van der Waals surface area contributed by atoms with Gasteiger partial charge in [-0.1, -0.05) is 25.1 Å². The van der Waals surface area contributed by atoms with Crippen LogP contribution in [0.25, 0.3) is 27.5 Å². The molecule has 168 valence electrons. The van der Waals surface area contributed by atoms with Gasteiger partial charge in [-0.15, -0.1) is 0 Å². The van der Waals surface area contributed by atoms with Gasteiger partial charge in [-0.3, -0.25) is 9.47 Å². The van der Waals surface area contributed by atoms with E-state index in [4.69, 9.17) is 9.47 Å². The molecule has 32 heavy (non-hydrogen) atoms. The molecule has 0 saturated carbocycles. The number of aryl methyl sites for hydroxylation is 1. The van der Waals surface area contributed by atoms with Crippen LogP contribution in [-0.2, 0) is 7.05 Å². The topological polar surface area (TPSA) is 51.8 Å². The monoisotopic (exact) mass is 433 g/mol. The summed E-state index contributed by atoms with van der Waals surface area (Å²) in [5.41, 5.74) is 2.93. The van der Waals surface area contributed by atoms with Crippen LogP contribution in [0.5, 0.6) is 17.4 Å². The number of piperidine rings is 1. The second-order valence-corrected chi connectivity index (χ2v) is 8.87. The molecular formula is C26H31N3O3. The fraction of sp³-hybridized carbons (Fsp3) is 0.385. The summed E-state index contributed by atoms with van der Waals surface area (Å²) in [5, 5.41) is 13.0. The van der Waals surface area contributed by atoms with Gasteiger partial charge < -0.3 is 19.1 Å². The normalized spacial score (nSPS) is 15.6. The Bertz CT molecular complexity index is 1250. The highest BCUT2D eigenvalue weighted by Crippen LogP contribution is 2.39. The third kappa shape index (κ3) is 3.58. The first-order chi connectivity index (χ1) is 15.6. The van der Waals surface area contributed by atoms with Gasteiger partial charge >= 0.3 is 0 Å². The molecule has 2 aromatic carbocycles. The summed E-state index contributed by atoms with van der Waals surface area (Å²) in [5.74, 6) is 2.45. The minimum absolute atomic E-state index is 0.232. The van der Waals surface area contributed by atoms with Crippen molar-refractivity contribution in [1.29, 1.82) is 0 Å². The smallest absolute Gasteiger partial charge is 0.206 e. The van der Waals surface area contributed by atoms with E-state index >= 15 is 0 Å². The van der Waals surface area contributed by atoms with E-state index in [0.717, 1.165) is 53.0 Å². The van der Waals surface area contributed by atoms with E-state index in [-0.39, 0.29) is 5.88 Å². The molecule has 0 atom stereocenters. The van der Waals surface area contributed by atoms with E-state index in [2.05, 4.69) is 22.5 Å². The summed E-state index contributed by atoms with van der Waals surface area (Å²) in [7, 11) is 3.68. The van der Waals surface area contributed by atoms with Crippen molar-refractivity contribution in [3.8, 4) is 23.1 Å². The Morgan fingerprint density at radius 1 is 1.03 bits per heavy atom. The summed E-state index contributed by atoms with van der Waals surface area (Å²) < 4.78 is 15.6. The lowest BCUT2D eigenvalue weighted by atomic mass is 9.99. The van der Waals surface area contributed by atoms with Crippen LogP contribution in [0, 0.1) is 5.92 Å². The molecule has 1 saturated heterocycles. The lowest BCUT2D eigenvalue weighted by molar-refractivity contribution is 0.158. The minimum Gasteiger partial charge on any atom is -0.494 e. The highest BCUT2D eigenvalue weighted by atomic mass is 16.5. The molecule has 0 spiro atoms. The summed E-state index contributed by atoms with van der Waals surface area (Å²) in [6.07, 6.45) is 4.49. The van der Waals surface area contributed by atoms with Crippen molar-refractivity contribution in [3.63, 3.8) is 0 Å². The van der Waals surface area contributed by atoms with E-state index < -0.39 is 0 Å². The summed E-state index contributed by atoms with van der Waals surface area (Å²) in [6.45, 7) is 6.12. The molecule has 1 fully saturated rings. The Morgan fingerprint density at radius 2 is 1.81 bits per heavy atom. The molecule has 3 heterocycles. The number of hydrogen-bond donors (Lipinski definition) is 1. The first-order valence-electron chi connectivity index (χ1n) is 11.4. The molecule has 0 bridgehead atoms. The average Bonchev–Trinajstić information content (AvgIpc) is 3.30. The summed E-state index contributed by atoms with van der Waals surface area (Å²) in [4.78, 5) is 2.46. The van der Waals surface area contributed by atoms with Gasteiger partial charge in [-0.2, -0.15) is 0 Å². The second-order valence-electron chi connectivity index (χ2n) is 8.87. The van der Waals surface area contributed by atoms with Crippen molar-refractivity contribution >= 4 is 21.8 Å². The van der Waals surface area contributed by atoms with Crippen molar-refractivity contribution in [1.82, 2.24) is 14.0 Å². The highest BCUT2D eigenvalue weighted by molar-refractivity contribution is 6.11. The Hall–Kier alpha value is -3.12. The largest absolute Gasteiger partial charge is 0.494 e. The molecule has 0 amide bonds. The third-order valence-corrected chi connectivity index (χ3v) is 6.82. The molecule has 1 aliphatic heterocycles. The van der Waals surface area contributed by atoms with Crippen LogP contribution in [0.3, 0.4) is 0 Å². The van der Waals surface area contributed by atoms with E-state index in [1.807, 2.05) is 54.2 Å². The van der Waals surface area contributed by atoms with E-state index in [1.165, 1.54) is 12.8 Å². The first kappa shape index (κ1) is 20.8. The first-order valence-corrected chi connectivity index (χ1v) is 11.4. The van der Waals surface area contributed by atoms with Gasteiger partial charge in [-0.05, 0) is 50.0 Å². The lowest BCUT2D eigenvalue weighted by Crippen LogP contribution is -2.35. The molecule has 1 aliphatic rings. The molecule has 6 heteroatoms. The van der Waals surface area contributed by atoms with Crippen LogP contribution < -0.4 is 9.47 Å². The minimum atomic E-state index is 0.232. The Morgan fingerprint density at radius 3 is 2.59 bits per heavy atom. The molecule has 0 radical (unpaired) electrons. The van der Waals surface area contributed by atoms with Crippen molar-refractivity contribution in [2.24, 2.45) is 13.0 Å². The Kier molecular flexibility index (Phi) is 5.47. The third-order valence-electron chi connectivity index (χ3n) is 6.82. The fourth-order valence-corrected chi connectivity index (χ4v) is 4.80. The van der Waals surface area contributed by atoms with Crippen molar-refractivity contribution in [2.75, 3.05) is 33.4 Å². The fourth-order valence-electron chi connectivity index (χ4n) is 4.80. The highest BCUT2D eigenvalue weighted by Gasteiger charge is 2.19. The van der Waals surface area contributed by atoms with Gasteiger partial charge in [0.25, 0.3) is 0 Å². The number of hydrogen-bond acceptors (Lipinski definition) is 4. The van der Waals surface area contributed by atoms with Crippen LogP contribution in [0.1, 0.15) is 19.8 Å². The maximum absolute atomic E-state index is 11.1. The van der Waals surface area contributed by atoms with Gasteiger partial charge in [-0.25, -0.2) is 0 Å². The lowest BCUT2D eigenvalue weighted by Gasteiger charge is -2.30. The zero-order chi connectivity index (χ0) is 22.2. The van der Waals surface area contributed by atoms with Gasteiger partial charge in [0.15, 0.2) is 11.5 Å². The number of para-hydroxylation sites is 1. The zero-order valence-electron chi connectivity index (χ0n) is 19.0. The van der Waals surface area contributed by atoms with E-state index in [1.54, 1.807) is 7.11 Å². The Labute approximate surface area is 188 Å². The van der Waals surface area contributed by atoms with E-state index in [0.29, 0.717) is 18.1 Å². The molecular weight excluding hydrogens is 402 g/mol. The number of nitrogens with zero attached hydrogens (tertiary/aromatic N) is 3. The van der Waals surface area contributed by atoms with Gasteiger partial charge in [0.05, 0.1) is 23.7 Å². The van der Waals surface area contributed by atoms with E-state index in [9.17, 15) is 5.11 Å². The van der Waals surface area contributed by atoms with Crippen LogP contribution in [-0.4, -0.2) is 52.5 Å². The van der Waals surface area contributed by atoms with Crippen molar-refractivity contribution in [2.45, 2.75) is 19.8 Å². The van der Waals surface area contributed by atoms with Crippen LogP contribution in [0.2, 0.25) is 0 Å². The van der Waals surface area contributed by atoms with Crippen LogP contribution >= 0.6 is 0 Å². The molecule has 1 N–H and O–H groups in total. The van der Waals surface area contributed by atoms with Gasteiger partial charge in [0, 0.05) is 36.8 Å². The molecule has 4 aromatic rings. The number of ether oxygens (including phenoxy) is 2. The second kappa shape index (κ2) is 8.43. The molecule has 6 nitrogen and oxygen atoms in total. The SMILES string of the molecule is COc1ccc(-n2cc3c(c2O)c2ccccc2n3C)cc1OCCN1CCC(C)CC1. The number of methoxy groups -OCH3 is 1. The number of aromatic hydroxyl groups is 1. The van der Waals surface area contributed by atoms with Gasteiger partial charge in [0.1, 0.15) is 6.61 Å². The Balaban J connectivity index is 1.42. The number of rotatable bonds is 6. The van der Waals surface area contributed by atoms with Crippen LogP contribution in [0.15, 0.2) is 48.7 Å². The number of benzene rings is 2.